The van der Waals surface area contributed by atoms with Crippen molar-refractivity contribution in [1.29, 1.82) is 0 Å². The minimum Gasteiger partial charge on any atom is -0.329 e. The molecule has 3 rings (SSSR count). The molecule has 2 aromatic rings. The van der Waals surface area contributed by atoms with Crippen LogP contribution in [0.25, 0.3) is 0 Å². The number of nitrogens with zero attached hydrogens (tertiary/aromatic N) is 3. The van der Waals surface area contributed by atoms with Crippen LogP contribution in [0.1, 0.15) is 29.4 Å². The van der Waals surface area contributed by atoms with Crippen molar-refractivity contribution in [3.8, 4) is 0 Å². The molecule has 1 saturated heterocycles. The van der Waals surface area contributed by atoms with E-state index in [1.165, 1.54) is 6.07 Å². The number of benzene rings is 1. The first-order valence-electron chi connectivity index (χ1n) is 8.37. The molecule has 1 aromatic carbocycles. The van der Waals surface area contributed by atoms with Gasteiger partial charge in [0.15, 0.2) is 14.9 Å². The first kappa shape index (κ1) is 19.4. The molecule has 0 bridgehead atoms. The van der Waals surface area contributed by atoms with Gasteiger partial charge in [0.05, 0.1) is 35.1 Å². The molecule has 1 atom stereocenters. The molecule has 0 radical (unpaired) electrons. The topological polar surface area (TPSA) is 88.4 Å². The number of hydrogen-bond acceptors (Lipinski definition) is 5. The van der Waals surface area contributed by atoms with Gasteiger partial charge in [-0.05, 0) is 44.6 Å². The highest BCUT2D eigenvalue weighted by Crippen LogP contribution is 2.26. The van der Waals surface area contributed by atoms with E-state index in [0.29, 0.717) is 6.42 Å². The smallest absolute Gasteiger partial charge is 0.191 e. The zero-order valence-corrected chi connectivity index (χ0v) is 16.6. The molecule has 7 nitrogen and oxygen atoms in total. The average Bonchev–Trinajstić information content (AvgIpc) is 3.10. The normalized spacial score (nSPS) is 18.7. The molecule has 0 aliphatic carbocycles. The van der Waals surface area contributed by atoms with Crippen molar-refractivity contribution in [1.82, 2.24) is 15.2 Å². The summed E-state index contributed by atoms with van der Waals surface area (Å²) in [5, 5.41) is 11.4. The molecule has 27 heavy (non-hydrogen) atoms. The molecule has 10 heteroatoms. The van der Waals surface area contributed by atoms with Crippen molar-refractivity contribution in [2.75, 3.05) is 16.8 Å². The fourth-order valence-electron chi connectivity index (χ4n) is 3.05. The highest BCUT2D eigenvalue weighted by Gasteiger charge is 2.31. The third-order valence-corrected chi connectivity index (χ3v) is 6.36. The Balaban J connectivity index is 1.67. The Morgan fingerprint density at radius 2 is 2.15 bits per heavy atom. The minimum absolute atomic E-state index is 0.112. The maximum Gasteiger partial charge on any atom is 0.191 e. The van der Waals surface area contributed by atoms with Crippen LogP contribution in [-0.4, -0.2) is 41.0 Å². The van der Waals surface area contributed by atoms with E-state index in [1.807, 2.05) is 13.8 Å². The van der Waals surface area contributed by atoms with Gasteiger partial charge in [-0.25, -0.2) is 12.8 Å². The molecule has 2 heterocycles. The summed E-state index contributed by atoms with van der Waals surface area (Å²) in [7, 11) is -2.99. The zero-order valence-electron chi connectivity index (χ0n) is 14.9. The predicted octanol–water partition coefficient (Wildman–Crippen LogP) is 2.32. The summed E-state index contributed by atoms with van der Waals surface area (Å²) in [4.78, 5) is 0. The van der Waals surface area contributed by atoms with Gasteiger partial charge >= 0.3 is 0 Å². The van der Waals surface area contributed by atoms with E-state index in [1.54, 1.807) is 29.1 Å². The highest BCUT2D eigenvalue weighted by atomic mass is 32.2. The van der Waals surface area contributed by atoms with E-state index < -0.39 is 15.7 Å². The number of nitrogens with one attached hydrogen (secondary N) is 2. The molecular weight excluding hydrogens is 389 g/mol. The van der Waals surface area contributed by atoms with Crippen molar-refractivity contribution in [2.45, 2.75) is 26.3 Å². The molecule has 1 fully saturated rings. The number of aryl methyl sites for hydroxylation is 1. The van der Waals surface area contributed by atoms with Gasteiger partial charge in [0, 0.05) is 11.3 Å². The van der Waals surface area contributed by atoms with Gasteiger partial charge in [-0.3, -0.25) is 10.1 Å². The standard InChI is InChI=1S/C17H20FN5O2S2/c1-11-14(12(2)23(22-11)13-7-8-27(24,25)10-13)9-19-21-17(26)20-16-6-4-3-5-15(16)18/h3-6,9,13H,7-8,10H2,1-2H3,(H2,20,21,26)/b19-9-/t13-/m1/s1. The van der Waals surface area contributed by atoms with Gasteiger partial charge in [0.25, 0.3) is 0 Å². The summed E-state index contributed by atoms with van der Waals surface area (Å²) in [6.45, 7) is 3.71. The van der Waals surface area contributed by atoms with Crippen molar-refractivity contribution < 1.29 is 12.8 Å². The second-order valence-corrected chi connectivity index (χ2v) is 9.03. The van der Waals surface area contributed by atoms with Crippen LogP contribution in [-0.2, 0) is 9.84 Å². The SMILES string of the molecule is Cc1nn([C@@H]2CCS(=O)(=O)C2)c(C)c1/C=N\NC(=S)Nc1ccccc1F. The van der Waals surface area contributed by atoms with Gasteiger partial charge < -0.3 is 5.32 Å². The largest absolute Gasteiger partial charge is 0.329 e. The summed E-state index contributed by atoms with van der Waals surface area (Å²) >= 11 is 5.10. The molecule has 1 aromatic heterocycles. The third kappa shape index (κ3) is 4.51. The lowest BCUT2D eigenvalue weighted by atomic mass is 10.2. The maximum atomic E-state index is 13.6. The lowest BCUT2D eigenvalue weighted by Crippen LogP contribution is -2.24. The van der Waals surface area contributed by atoms with Crippen LogP contribution in [0, 0.1) is 19.7 Å². The minimum atomic E-state index is -2.99. The number of rotatable bonds is 4. The Morgan fingerprint density at radius 1 is 1.41 bits per heavy atom. The van der Waals surface area contributed by atoms with Gasteiger partial charge in [-0.15, -0.1) is 0 Å². The van der Waals surface area contributed by atoms with Crippen molar-refractivity contribution in [3.05, 3.63) is 47.0 Å². The van der Waals surface area contributed by atoms with Crippen LogP contribution in [0.5, 0.6) is 0 Å². The Morgan fingerprint density at radius 3 is 2.81 bits per heavy atom. The average molecular weight is 410 g/mol. The summed E-state index contributed by atoms with van der Waals surface area (Å²) in [5.74, 6) is -0.109. The summed E-state index contributed by atoms with van der Waals surface area (Å²) in [6.07, 6.45) is 2.14. The molecule has 0 spiro atoms. The van der Waals surface area contributed by atoms with Crippen LogP contribution in [0.2, 0.25) is 0 Å². The molecule has 1 aliphatic heterocycles. The summed E-state index contributed by atoms with van der Waals surface area (Å²) < 4.78 is 38.8. The Labute approximate surface area is 162 Å². The summed E-state index contributed by atoms with van der Waals surface area (Å²) in [6, 6.07) is 6.04. The van der Waals surface area contributed by atoms with E-state index in [9.17, 15) is 12.8 Å². The highest BCUT2D eigenvalue weighted by molar-refractivity contribution is 7.91. The lowest BCUT2D eigenvalue weighted by Gasteiger charge is -2.11. The van der Waals surface area contributed by atoms with Crippen LogP contribution >= 0.6 is 12.2 Å². The second kappa shape index (κ2) is 7.73. The quantitative estimate of drug-likeness (QED) is 0.458. The number of thiocarbonyl (C=S) groups is 1. The Kier molecular flexibility index (Phi) is 5.56. The molecule has 0 unspecified atom stereocenters. The first-order chi connectivity index (χ1) is 12.8. The van der Waals surface area contributed by atoms with E-state index >= 15 is 0 Å². The number of hydrazone groups is 1. The fourth-order valence-corrected chi connectivity index (χ4v) is 4.91. The molecule has 0 saturated carbocycles. The van der Waals surface area contributed by atoms with Gasteiger partial charge in [-0.1, -0.05) is 12.1 Å². The van der Waals surface area contributed by atoms with E-state index in [2.05, 4.69) is 20.9 Å². The van der Waals surface area contributed by atoms with Gasteiger partial charge in [-0.2, -0.15) is 10.2 Å². The van der Waals surface area contributed by atoms with Crippen LogP contribution in [0.15, 0.2) is 29.4 Å². The molecule has 0 amide bonds. The second-order valence-electron chi connectivity index (χ2n) is 6.39. The number of aromatic nitrogens is 2. The van der Waals surface area contributed by atoms with Crippen LogP contribution < -0.4 is 10.7 Å². The van der Waals surface area contributed by atoms with Crippen molar-refractivity contribution in [2.24, 2.45) is 5.10 Å². The lowest BCUT2D eigenvalue weighted by molar-refractivity contribution is 0.486. The van der Waals surface area contributed by atoms with Crippen LogP contribution in [0.3, 0.4) is 0 Å². The third-order valence-electron chi connectivity index (χ3n) is 4.42. The van der Waals surface area contributed by atoms with E-state index in [4.69, 9.17) is 12.2 Å². The molecular formula is C17H20FN5O2S2. The predicted molar refractivity (Wildman–Crippen MR) is 107 cm³/mol. The Hall–Kier alpha value is -2.33. The molecule has 1 aliphatic rings. The van der Waals surface area contributed by atoms with Crippen molar-refractivity contribution >= 4 is 39.1 Å². The number of hydrogen-bond donors (Lipinski definition) is 2. The number of halogens is 1. The number of para-hydroxylation sites is 1. The van der Waals surface area contributed by atoms with Gasteiger partial charge in [0.2, 0.25) is 0 Å². The van der Waals surface area contributed by atoms with E-state index in [-0.39, 0.29) is 28.3 Å². The van der Waals surface area contributed by atoms with Crippen molar-refractivity contribution in [3.63, 3.8) is 0 Å². The van der Waals surface area contributed by atoms with Crippen LogP contribution in [0.4, 0.5) is 10.1 Å². The Bertz CT molecular complexity index is 1000. The number of anilines is 1. The summed E-state index contributed by atoms with van der Waals surface area (Å²) in [5.41, 5.74) is 5.28. The number of sulfone groups is 1. The monoisotopic (exact) mass is 409 g/mol. The molecule has 2 N–H and O–H groups in total. The first-order valence-corrected chi connectivity index (χ1v) is 10.6. The molecule has 144 valence electrons. The van der Waals surface area contributed by atoms with E-state index in [0.717, 1.165) is 17.0 Å². The maximum absolute atomic E-state index is 13.6. The fraction of sp³-hybridized carbons (Fsp3) is 0.353. The zero-order chi connectivity index (χ0) is 19.6. The van der Waals surface area contributed by atoms with Gasteiger partial charge in [0.1, 0.15) is 5.82 Å².